The highest BCUT2D eigenvalue weighted by Crippen LogP contribution is 2.27. The Morgan fingerprint density at radius 2 is 2.10 bits per heavy atom. The fraction of sp³-hybridized carbons (Fsp3) is 0.136. The number of halogens is 2. The molecule has 0 saturated heterocycles. The van der Waals surface area contributed by atoms with Gasteiger partial charge in [-0.25, -0.2) is 4.39 Å². The standard InChI is InChI=1S/C22H18ClFN4O3/c1-13-5-3-6-15(23)20(13)25-19(29)12-28-10-4-7-17(28)22-26-21(27-31-22)14-8-9-18(30-2)16(24)11-14/h3-11H,12H2,1-2H3,(H,25,29). The number of nitrogens with zero attached hydrogens (tertiary/aromatic N) is 3. The van der Waals surface area contributed by atoms with Crippen LogP contribution in [0.3, 0.4) is 0 Å². The number of rotatable bonds is 6. The molecule has 2 aromatic heterocycles. The van der Waals surface area contributed by atoms with Gasteiger partial charge in [0.25, 0.3) is 5.89 Å². The van der Waals surface area contributed by atoms with Gasteiger partial charge < -0.3 is 19.1 Å². The van der Waals surface area contributed by atoms with Crippen molar-refractivity contribution in [3.8, 4) is 28.7 Å². The van der Waals surface area contributed by atoms with Crippen molar-refractivity contribution in [3.05, 3.63) is 71.1 Å². The van der Waals surface area contributed by atoms with E-state index in [0.717, 1.165) is 5.56 Å². The van der Waals surface area contributed by atoms with E-state index in [1.54, 1.807) is 35.0 Å². The summed E-state index contributed by atoms with van der Waals surface area (Å²) in [6.07, 6.45) is 1.73. The second kappa shape index (κ2) is 8.61. The first kappa shape index (κ1) is 20.6. The average molecular weight is 441 g/mol. The average Bonchev–Trinajstić information content (AvgIpc) is 3.40. The summed E-state index contributed by atoms with van der Waals surface area (Å²) >= 11 is 6.18. The zero-order valence-corrected chi connectivity index (χ0v) is 17.5. The van der Waals surface area contributed by atoms with Gasteiger partial charge >= 0.3 is 0 Å². The van der Waals surface area contributed by atoms with Gasteiger partial charge in [0, 0.05) is 11.8 Å². The molecule has 31 heavy (non-hydrogen) atoms. The maximum absolute atomic E-state index is 14.0. The molecule has 0 aliphatic heterocycles. The Morgan fingerprint density at radius 3 is 2.84 bits per heavy atom. The Kier molecular flexibility index (Phi) is 5.73. The zero-order valence-electron chi connectivity index (χ0n) is 16.7. The molecule has 0 fully saturated rings. The van der Waals surface area contributed by atoms with Crippen LogP contribution >= 0.6 is 11.6 Å². The van der Waals surface area contributed by atoms with Crippen molar-refractivity contribution in [1.29, 1.82) is 0 Å². The van der Waals surface area contributed by atoms with E-state index in [0.29, 0.717) is 22.0 Å². The number of methoxy groups -OCH3 is 1. The number of anilines is 1. The first-order valence-electron chi connectivity index (χ1n) is 9.34. The second-order valence-electron chi connectivity index (χ2n) is 6.77. The molecular weight excluding hydrogens is 423 g/mol. The summed E-state index contributed by atoms with van der Waals surface area (Å²) < 4.78 is 25.9. The van der Waals surface area contributed by atoms with E-state index >= 15 is 0 Å². The highest BCUT2D eigenvalue weighted by atomic mass is 35.5. The van der Waals surface area contributed by atoms with E-state index in [9.17, 15) is 9.18 Å². The van der Waals surface area contributed by atoms with Crippen LogP contribution in [0.15, 0.2) is 59.3 Å². The minimum atomic E-state index is -0.527. The lowest BCUT2D eigenvalue weighted by atomic mass is 10.2. The molecule has 0 spiro atoms. The van der Waals surface area contributed by atoms with Crippen molar-refractivity contribution in [3.63, 3.8) is 0 Å². The molecule has 0 atom stereocenters. The van der Waals surface area contributed by atoms with Gasteiger partial charge in [0.15, 0.2) is 11.6 Å². The van der Waals surface area contributed by atoms with Gasteiger partial charge in [0.05, 0.1) is 17.8 Å². The van der Waals surface area contributed by atoms with Crippen LogP contribution in [0.5, 0.6) is 5.75 Å². The molecule has 9 heteroatoms. The molecule has 0 aliphatic carbocycles. The number of hydrogen-bond donors (Lipinski definition) is 1. The van der Waals surface area contributed by atoms with Crippen LogP contribution in [0, 0.1) is 12.7 Å². The Bertz CT molecular complexity index is 1230. The Balaban J connectivity index is 1.54. The lowest BCUT2D eigenvalue weighted by molar-refractivity contribution is -0.116. The first-order valence-corrected chi connectivity index (χ1v) is 9.72. The number of nitrogens with one attached hydrogen (secondary N) is 1. The molecule has 0 aliphatic rings. The Labute approximate surface area is 182 Å². The summed E-state index contributed by atoms with van der Waals surface area (Å²) in [4.78, 5) is 16.9. The quantitative estimate of drug-likeness (QED) is 0.458. The van der Waals surface area contributed by atoms with Gasteiger partial charge in [-0.3, -0.25) is 4.79 Å². The molecule has 0 unspecified atom stereocenters. The molecule has 158 valence electrons. The molecule has 0 bridgehead atoms. The molecule has 1 amide bonds. The van der Waals surface area contributed by atoms with E-state index in [1.165, 1.54) is 19.2 Å². The van der Waals surface area contributed by atoms with Gasteiger partial charge in [-0.15, -0.1) is 0 Å². The number of para-hydroxylation sites is 1. The molecule has 0 radical (unpaired) electrons. The lowest BCUT2D eigenvalue weighted by Gasteiger charge is -2.11. The van der Waals surface area contributed by atoms with Crippen molar-refractivity contribution >= 4 is 23.2 Å². The minimum Gasteiger partial charge on any atom is -0.494 e. The van der Waals surface area contributed by atoms with Crippen LogP contribution in [0.2, 0.25) is 5.02 Å². The summed E-state index contributed by atoms with van der Waals surface area (Å²) in [7, 11) is 1.39. The fourth-order valence-electron chi connectivity index (χ4n) is 3.12. The predicted octanol–water partition coefficient (Wildman–Crippen LogP) is 4.95. The van der Waals surface area contributed by atoms with Crippen LogP contribution in [0.4, 0.5) is 10.1 Å². The maximum atomic E-state index is 14.0. The van der Waals surface area contributed by atoms with Gasteiger partial charge in [-0.05, 0) is 48.9 Å². The van der Waals surface area contributed by atoms with E-state index in [2.05, 4.69) is 15.5 Å². The lowest BCUT2D eigenvalue weighted by Crippen LogP contribution is -2.19. The molecule has 1 N–H and O–H groups in total. The number of aryl methyl sites for hydroxylation is 1. The van der Waals surface area contributed by atoms with Crippen molar-refractivity contribution in [2.75, 3.05) is 12.4 Å². The van der Waals surface area contributed by atoms with E-state index in [4.69, 9.17) is 20.9 Å². The molecule has 2 aromatic carbocycles. The van der Waals surface area contributed by atoms with Gasteiger partial charge in [-0.1, -0.05) is 28.9 Å². The van der Waals surface area contributed by atoms with Gasteiger partial charge in [-0.2, -0.15) is 4.98 Å². The van der Waals surface area contributed by atoms with Crippen molar-refractivity contribution in [2.24, 2.45) is 0 Å². The SMILES string of the molecule is COc1ccc(-c2noc(-c3cccn3CC(=O)Nc3c(C)cccc3Cl)n2)cc1F. The molecule has 4 aromatic rings. The van der Waals surface area contributed by atoms with Crippen LogP contribution in [-0.4, -0.2) is 27.7 Å². The van der Waals surface area contributed by atoms with E-state index in [1.807, 2.05) is 19.1 Å². The maximum Gasteiger partial charge on any atom is 0.274 e. The summed E-state index contributed by atoms with van der Waals surface area (Å²) in [5.41, 5.74) is 2.43. The van der Waals surface area contributed by atoms with E-state index in [-0.39, 0.29) is 29.9 Å². The molecule has 2 heterocycles. The van der Waals surface area contributed by atoms with Crippen LogP contribution in [0.1, 0.15) is 5.56 Å². The highest BCUT2D eigenvalue weighted by Gasteiger charge is 2.17. The number of aromatic nitrogens is 3. The third kappa shape index (κ3) is 4.29. The summed E-state index contributed by atoms with van der Waals surface area (Å²) in [6.45, 7) is 1.88. The van der Waals surface area contributed by atoms with Crippen LogP contribution < -0.4 is 10.1 Å². The first-order chi connectivity index (χ1) is 15.0. The smallest absolute Gasteiger partial charge is 0.274 e. The summed E-state index contributed by atoms with van der Waals surface area (Å²) in [5.74, 6) is -0.230. The topological polar surface area (TPSA) is 82.2 Å². The molecule has 0 saturated carbocycles. The number of carbonyl (C=O) groups excluding carboxylic acids is 1. The third-order valence-corrected chi connectivity index (χ3v) is 5.00. The van der Waals surface area contributed by atoms with Crippen LogP contribution in [-0.2, 0) is 11.3 Å². The Hall–Kier alpha value is -3.65. The molecular formula is C22H18ClFN4O3. The second-order valence-corrected chi connectivity index (χ2v) is 7.18. The van der Waals surface area contributed by atoms with Crippen LogP contribution in [0.25, 0.3) is 23.0 Å². The number of benzene rings is 2. The zero-order chi connectivity index (χ0) is 22.0. The number of amides is 1. The fourth-order valence-corrected chi connectivity index (χ4v) is 3.39. The minimum absolute atomic E-state index is 0.0157. The monoisotopic (exact) mass is 440 g/mol. The summed E-state index contributed by atoms with van der Waals surface area (Å²) in [6, 6.07) is 13.3. The summed E-state index contributed by atoms with van der Waals surface area (Å²) in [5, 5.41) is 7.22. The van der Waals surface area contributed by atoms with Gasteiger partial charge in [0.1, 0.15) is 12.2 Å². The normalized spacial score (nSPS) is 10.8. The number of hydrogen-bond acceptors (Lipinski definition) is 5. The largest absolute Gasteiger partial charge is 0.494 e. The number of carbonyl (C=O) groups is 1. The predicted molar refractivity (Wildman–Crippen MR) is 114 cm³/mol. The van der Waals surface area contributed by atoms with Crippen molar-refractivity contribution < 1.29 is 18.4 Å². The third-order valence-electron chi connectivity index (χ3n) is 4.68. The highest BCUT2D eigenvalue weighted by molar-refractivity contribution is 6.33. The Morgan fingerprint density at radius 1 is 1.26 bits per heavy atom. The molecule has 4 rings (SSSR count). The van der Waals surface area contributed by atoms with Gasteiger partial charge in [0.2, 0.25) is 11.7 Å². The molecule has 7 nitrogen and oxygen atoms in total. The van der Waals surface area contributed by atoms with Crippen molar-refractivity contribution in [2.45, 2.75) is 13.5 Å². The number of ether oxygens (including phenoxy) is 1. The van der Waals surface area contributed by atoms with Crippen molar-refractivity contribution in [1.82, 2.24) is 14.7 Å². The van der Waals surface area contributed by atoms with E-state index < -0.39 is 5.82 Å².